The number of benzene rings is 2. The van der Waals surface area contributed by atoms with Crippen LogP contribution < -0.4 is 10.6 Å². The molecule has 0 bridgehead atoms. The molecule has 2 N–H and O–H groups in total. The van der Waals surface area contributed by atoms with Crippen molar-refractivity contribution in [3.63, 3.8) is 0 Å². The summed E-state index contributed by atoms with van der Waals surface area (Å²) in [6.45, 7) is 0. The summed E-state index contributed by atoms with van der Waals surface area (Å²) in [7, 11) is 1.72. The average Bonchev–Trinajstić information content (AvgIpc) is 2.69. The Morgan fingerprint density at radius 1 is 1.05 bits per heavy atom. The second-order valence-electron chi connectivity index (χ2n) is 4.81. The van der Waals surface area contributed by atoms with Crippen LogP contribution in [0.2, 0.25) is 0 Å². The lowest BCUT2D eigenvalue weighted by Crippen LogP contribution is -2.45. The Labute approximate surface area is 118 Å². The molecule has 0 unspecified atom stereocenters. The van der Waals surface area contributed by atoms with E-state index < -0.39 is 5.54 Å². The predicted molar refractivity (Wildman–Crippen MR) is 79.0 cm³/mol. The highest BCUT2D eigenvalue weighted by atomic mass is 16.2. The third-order valence-corrected chi connectivity index (χ3v) is 3.51. The number of amides is 1. The molecule has 0 radical (unpaired) electrons. The van der Waals surface area contributed by atoms with Crippen LogP contribution in [0.25, 0.3) is 0 Å². The molecule has 0 fully saturated rings. The fraction of sp³-hybridized carbons (Fsp3) is 0.118. The number of hydrogen-bond donors (Lipinski definition) is 1. The number of hydrogen-bond acceptors (Lipinski definition) is 2. The van der Waals surface area contributed by atoms with Crippen molar-refractivity contribution in [2.45, 2.75) is 5.54 Å². The van der Waals surface area contributed by atoms with Crippen LogP contribution in [0.15, 0.2) is 54.6 Å². The van der Waals surface area contributed by atoms with Crippen LogP contribution in [0.1, 0.15) is 11.1 Å². The van der Waals surface area contributed by atoms with Gasteiger partial charge in [-0.05, 0) is 18.2 Å². The SMILES string of the molecule is CN1C(=O)[C@](N)(C#Cc2ccccc2)c2ccccc21. The van der Waals surface area contributed by atoms with Crippen LogP contribution >= 0.6 is 0 Å². The molecule has 1 atom stereocenters. The van der Waals surface area contributed by atoms with Crippen LogP contribution in [0, 0.1) is 11.8 Å². The van der Waals surface area contributed by atoms with Gasteiger partial charge in [0.15, 0.2) is 5.54 Å². The normalized spacial score (nSPS) is 20.3. The van der Waals surface area contributed by atoms with Crippen molar-refractivity contribution < 1.29 is 4.79 Å². The van der Waals surface area contributed by atoms with Crippen LogP contribution in [-0.4, -0.2) is 13.0 Å². The fourth-order valence-electron chi connectivity index (χ4n) is 2.40. The Balaban J connectivity index is 2.09. The quantitative estimate of drug-likeness (QED) is 0.737. The second kappa shape index (κ2) is 4.52. The first-order valence-electron chi connectivity index (χ1n) is 6.38. The van der Waals surface area contributed by atoms with Gasteiger partial charge in [-0.25, -0.2) is 0 Å². The van der Waals surface area contributed by atoms with Crippen molar-refractivity contribution in [2.24, 2.45) is 5.73 Å². The van der Waals surface area contributed by atoms with Crippen LogP contribution in [0.5, 0.6) is 0 Å². The molecule has 3 rings (SSSR count). The zero-order valence-corrected chi connectivity index (χ0v) is 11.1. The Morgan fingerprint density at radius 2 is 1.70 bits per heavy atom. The van der Waals surface area contributed by atoms with Crippen LogP contribution in [0.4, 0.5) is 5.69 Å². The van der Waals surface area contributed by atoms with Gasteiger partial charge < -0.3 is 10.6 Å². The summed E-state index contributed by atoms with van der Waals surface area (Å²) in [5.74, 6) is 5.75. The summed E-state index contributed by atoms with van der Waals surface area (Å²) in [5, 5.41) is 0. The molecule has 0 spiro atoms. The standard InChI is InChI=1S/C17H14N2O/c1-19-15-10-6-5-9-14(15)17(18,16(19)20)12-11-13-7-3-2-4-8-13/h2-10H,18H2,1H3/t17-/m0/s1. The first-order valence-corrected chi connectivity index (χ1v) is 6.38. The highest BCUT2D eigenvalue weighted by Crippen LogP contribution is 2.37. The maximum atomic E-state index is 12.4. The molecule has 0 saturated heterocycles. The summed E-state index contributed by atoms with van der Waals surface area (Å²) < 4.78 is 0. The maximum Gasteiger partial charge on any atom is 0.264 e. The molecule has 0 aromatic heterocycles. The molecule has 2 aromatic carbocycles. The molecule has 20 heavy (non-hydrogen) atoms. The van der Waals surface area contributed by atoms with Gasteiger partial charge in [0.2, 0.25) is 0 Å². The van der Waals surface area contributed by atoms with Crippen molar-refractivity contribution in [3.8, 4) is 11.8 Å². The number of nitrogens with two attached hydrogens (primary N) is 1. The Hall–Kier alpha value is -2.57. The third kappa shape index (κ3) is 1.78. The van der Waals surface area contributed by atoms with Crippen LogP contribution in [0.3, 0.4) is 0 Å². The molecule has 3 heteroatoms. The maximum absolute atomic E-state index is 12.4. The topological polar surface area (TPSA) is 46.3 Å². The number of anilines is 1. The summed E-state index contributed by atoms with van der Waals surface area (Å²) in [6, 6.07) is 17.0. The van der Waals surface area contributed by atoms with E-state index in [1.54, 1.807) is 11.9 Å². The minimum Gasteiger partial charge on any atom is -0.312 e. The Bertz CT molecular complexity index is 727. The molecule has 1 heterocycles. The van der Waals surface area contributed by atoms with E-state index in [1.807, 2.05) is 54.6 Å². The minimum atomic E-state index is -1.26. The number of carbonyl (C=O) groups excluding carboxylic acids is 1. The van der Waals surface area contributed by atoms with E-state index in [4.69, 9.17) is 5.73 Å². The number of nitrogens with zero attached hydrogens (tertiary/aromatic N) is 1. The van der Waals surface area contributed by atoms with Crippen molar-refractivity contribution in [3.05, 3.63) is 65.7 Å². The van der Waals surface area contributed by atoms with Gasteiger partial charge in [-0.15, -0.1) is 0 Å². The van der Waals surface area contributed by atoms with Gasteiger partial charge >= 0.3 is 0 Å². The summed E-state index contributed by atoms with van der Waals surface area (Å²) in [6.07, 6.45) is 0. The number of rotatable bonds is 0. The predicted octanol–water partition coefficient (Wildman–Crippen LogP) is 1.87. The van der Waals surface area contributed by atoms with Gasteiger partial charge in [-0.2, -0.15) is 0 Å². The monoisotopic (exact) mass is 262 g/mol. The third-order valence-electron chi connectivity index (χ3n) is 3.51. The number of likely N-dealkylation sites (N-methyl/N-ethyl adjacent to an activating group) is 1. The highest BCUT2D eigenvalue weighted by Gasteiger charge is 2.45. The molecule has 0 saturated carbocycles. The van der Waals surface area contributed by atoms with Crippen molar-refractivity contribution in [1.82, 2.24) is 0 Å². The summed E-state index contributed by atoms with van der Waals surface area (Å²) in [4.78, 5) is 14.0. The zero-order chi connectivity index (χ0) is 14.2. The molecule has 98 valence electrons. The molecular weight excluding hydrogens is 248 g/mol. The second-order valence-corrected chi connectivity index (χ2v) is 4.81. The van der Waals surface area contributed by atoms with E-state index in [0.29, 0.717) is 0 Å². The van der Waals surface area contributed by atoms with E-state index >= 15 is 0 Å². The number of para-hydroxylation sites is 1. The zero-order valence-electron chi connectivity index (χ0n) is 11.1. The van der Waals surface area contributed by atoms with Crippen molar-refractivity contribution in [1.29, 1.82) is 0 Å². The van der Waals surface area contributed by atoms with E-state index in [1.165, 1.54) is 0 Å². The van der Waals surface area contributed by atoms with Crippen molar-refractivity contribution in [2.75, 3.05) is 11.9 Å². The minimum absolute atomic E-state index is 0.192. The van der Waals surface area contributed by atoms with E-state index in [9.17, 15) is 4.79 Å². The smallest absolute Gasteiger partial charge is 0.264 e. The lowest BCUT2D eigenvalue weighted by atomic mass is 9.93. The van der Waals surface area contributed by atoms with Gasteiger partial charge in [0.05, 0.1) is 0 Å². The summed E-state index contributed by atoms with van der Waals surface area (Å²) in [5.41, 5.74) is 7.45. The lowest BCUT2D eigenvalue weighted by Gasteiger charge is -2.15. The Morgan fingerprint density at radius 3 is 2.45 bits per heavy atom. The van der Waals surface area contributed by atoms with Gasteiger partial charge in [0.25, 0.3) is 5.91 Å². The fourth-order valence-corrected chi connectivity index (χ4v) is 2.40. The Kier molecular flexibility index (Phi) is 2.81. The van der Waals surface area contributed by atoms with Gasteiger partial charge in [-0.3, -0.25) is 4.79 Å². The molecular formula is C17H14N2O. The molecule has 1 aliphatic rings. The van der Waals surface area contributed by atoms with E-state index in [-0.39, 0.29) is 5.91 Å². The molecule has 2 aromatic rings. The van der Waals surface area contributed by atoms with E-state index in [0.717, 1.165) is 16.8 Å². The average molecular weight is 262 g/mol. The molecule has 0 aliphatic carbocycles. The van der Waals surface area contributed by atoms with Gasteiger partial charge in [-0.1, -0.05) is 48.2 Å². The number of carbonyl (C=O) groups is 1. The highest BCUT2D eigenvalue weighted by molar-refractivity contribution is 6.09. The first kappa shape index (κ1) is 12.5. The largest absolute Gasteiger partial charge is 0.312 e. The first-order chi connectivity index (χ1) is 9.63. The number of fused-ring (bicyclic) bond motifs is 1. The van der Waals surface area contributed by atoms with Crippen molar-refractivity contribution >= 4 is 11.6 Å². The van der Waals surface area contributed by atoms with E-state index in [2.05, 4.69) is 11.8 Å². The molecule has 1 amide bonds. The summed E-state index contributed by atoms with van der Waals surface area (Å²) >= 11 is 0. The molecule has 3 nitrogen and oxygen atoms in total. The van der Waals surface area contributed by atoms with Crippen LogP contribution in [-0.2, 0) is 10.3 Å². The lowest BCUT2D eigenvalue weighted by molar-refractivity contribution is -0.120. The van der Waals surface area contributed by atoms with Gasteiger partial charge in [0, 0.05) is 23.9 Å². The molecule has 1 aliphatic heterocycles. The van der Waals surface area contributed by atoms with Gasteiger partial charge in [0.1, 0.15) is 0 Å².